The number of aliphatic hydroxyl groups excluding tert-OH is 2. The SMILES string of the molecule is CCC(CC)(CO)CNC1(CO)CCCCC1. The molecule has 0 amide bonds. The largest absolute Gasteiger partial charge is 0.396 e. The molecule has 1 rings (SSSR count). The highest BCUT2D eigenvalue weighted by molar-refractivity contribution is 4.92. The summed E-state index contributed by atoms with van der Waals surface area (Å²) in [4.78, 5) is 0. The van der Waals surface area contributed by atoms with Crippen LogP contribution in [-0.4, -0.2) is 35.5 Å². The second-order valence-corrected chi connectivity index (χ2v) is 5.72. The van der Waals surface area contributed by atoms with Crippen LogP contribution in [0.3, 0.4) is 0 Å². The van der Waals surface area contributed by atoms with E-state index in [0.29, 0.717) is 0 Å². The fourth-order valence-corrected chi connectivity index (χ4v) is 2.77. The second kappa shape index (κ2) is 6.72. The Morgan fingerprint density at radius 1 is 1.06 bits per heavy atom. The van der Waals surface area contributed by atoms with E-state index >= 15 is 0 Å². The highest BCUT2D eigenvalue weighted by Gasteiger charge is 2.34. The molecule has 102 valence electrons. The lowest BCUT2D eigenvalue weighted by atomic mass is 9.79. The smallest absolute Gasteiger partial charge is 0.0613 e. The van der Waals surface area contributed by atoms with E-state index in [1.807, 2.05) is 0 Å². The molecular formula is C14H29NO2. The van der Waals surface area contributed by atoms with Gasteiger partial charge in [0, 0.05) is 24.1 Å². The Hall–Kier alpha value is -0.120. The molecule has 3 heteroatoms. The van der Waals surface area contributed by atoms with Gasteiger partial charge in [0.2, 0.25) is 0 Å². The van der Waals surface area contributed by atoms with Gasteiger partial charge in [-0.25, -0.2) is 0 Å². The summed E-state index contributed by atoms with van der Waals surface area (Å²) in [5, 5.41) is 22.8. The third-order valence-corrected chi connectivity index (χ3v) is 4.79. The van der Waals surface area contributed by atoms with E-state index in [1.165, 1.54) is 19.3 Å². The van der Waals surface area contributed by atoms with Gasteiger partial charge in [0.15, 0.2) is 0 Å². The molecule has 0 aromatic rings. The zero-order valence-electron chi connectivity index (χ0n) is 11.5. The Labute approximate surface area is 106 Å². The van der Waals surface area contributed by atoms with Crippen molar-refractivity contribution in [1.29, 1.82) is 0 Å². The molecule has 17 heavy (non-hydrogen) atoms. The van der Waals surface area contributed by atoms with E-state index in [9.17, 15) is 10.2 Å². The number of rotatable bonds is 7. The van der Waals surface area contributed by atoms with Crippen molar-refractivity contribution in [1.82, 2.24) is 5.32 Å². The summed E-state index contributed by atoms with van der Waals surface area (Å²) in [6.45, 7) is 5.54. The van der Waals surface area contributed by atoms with Crippen molar-refractivity contribution in [2.45, 2.75) is 64.3 Å². The van der Waals surface area contributed by atoms with Crippen molar-refractivity contribution in [2.75, 3.05) is 19.8 Å². The summed E-state index contributed by atoms with van der Waals surface area (Å²) in [5.41, 5.74) is -0.0946. The van der Waals surface area contributed by atoms with Gasteiger partial charge < -0.3 is 15.5 Å². The van der Waals surface area contributed by atoms with Crippen molar-refractivity contribution in [2.24, 2.45) is 5.41 Å². The molecule has 1 fully saturated rings. The first kappa shape index (κ1) is 14.9. The maximum absolute atomic E-state index is 9.63. The highest BCUT2D eigenvalue weighted by atomic mass is 16.3. The predicted octanol–water partition coefficient (Wildman–Crippen LogP) is 2.07. The van der Waals surface area contributed by atoms with E-state index in [4.69, 9.17) is 0 Å². The van der Waals surface area contributed by atoms with Crippen LogP contribution in [0.15, 0.2) is 0 Å². The first-order valence-corrected chi connectivity index (χ1v) is 7.13. The molecule has 1 saturated carbocycles. The number of hydrogen-bond acceptors (Lipinski definition) is 3. The highest BCUT2D eigenvalue weighted by Crippen LogP contribution is 2.31. The zero-order valence-corrected chi connectivity index (χ0v) is 11.5. The van der Waals surface area contributed by atoms with Gasteiger partial charge in [-0.3, -0.25) is 0 Å². The van der Waals surface area contributed by atoms with Crippen LogP contribution in [0, 0.1) is 5.41 Å². The zero-order chi connectivity index (χ0) is 12.8. The molecule has 1 aliphatic carbocycles. The topological polar surface area (TPSA) is 52.5 Å². The standard InChI is InChI=1S/C14H29NO2/c1-3-13(4-2,11-16)10-15-14(12-17)8-6-5-7-9-14/h15-17H,3-12H2,1-2H3. The quantitative estimate of drug-likeness (QED) is 0.641. The van der Waals surface area contributed by atoms with Gasteiger partial charge in [-0.2, -0.15) is 0 Å². The summed E-state index contributed by atoms with van der Waals surface area (Å²) < 4.78 is 0. The lowest BCUT2D eigenvalue weighted by Gasteiger charge is -2.40. The Bertz CT molecular complexity index is 200. The van der Waals surface area contributed by atoms with Crippen LogP contribution in [0.2, 0.25) is 0 Å². The Morgan fingerprint density at radius 2 is 1.65 bits per heavy atom. The molecule has 1 aliphatic rings. The minimum Gasteiger partial charge on any atom is -0.396 e. The molecule has 0 unspecified atom stereocenters. The Morgan fingerprint density at radius 3 is 2.06 bits per heavy atom. The van der Waals surface area contributed by atoms with Crippen LogP contribution in [0.1, 0.15) is 58.8 Å². The number of nitrogens with one attached hydrogen (secondary N) is 1. The molecule has 0 aliphatic heterocycles. The van der Waals surface area contributed by atoms with Gasteiger partial charge in [-0.15, -0.1) is 0 Å². The Balaban J connectivity index is 2.56. The molecule has 0 aromatic heterocycles. The lowest BCUT2D eigenvalue weighted by Crippen LogP contribution is -2.54. The third-order valence-electron chi connectivity index (χ3n) is 4.79. The number of hydrogen-bond donors (Lipinski definition) is 3. The van der Waals surface area contributed by atoms with Crippen molar-refractivity contribution in [3.63, 3.8) is 0 Å². The summed E-state index contributed by atoms with van der Waals surface area (Å²) in [6, 6.07) is 0. The van der Waals surface area contributed by atoms with Gasteiger partial charge in [0.05, 0.1) is 6.61 Å². The van der Waals surface area contributed by atoms with Crippen LogP contribution in [-0.2, 0) is 0 Å². The monoisotopic (exact) mass is 243 g/mol. The first-order chi connectivity index (χ1) is 8.16. The summed E-state index contributed by atoms with van der Waals surface area (Å²) in [6.07, 6.45) is 7.80. The van der Waals surface area contributed by atoms with E-state index in [1.54, 1.807) is 0 Å². The van der Waals surface area contributed by atoms with Gasteiger partial charge in [-0.05, 0) is 25.7 Å². The fraction of sp³-hybridized carbons (Fsp3) is 1.00. The maximum Gasteiger partial charge on any atom is 0.0613 e. The summed E-state index contributed by atoms with van der Waals surface area (Å²) in [7, 11) is 0. The molecule has 0 atom stereocenters. The van der Waals surface area contributed by atoms with Gasteiger partial charge in [0.1, 0.15) is 0 Å². The molecule has 0 spiro atoms. The van der Waals surface area contributed by atoms with Gasteiger partial charge in [-0.1, -0.05) is 33.1 Å². The fourth-order valence-electron chi connectivity index (χ4n) is 2.77. The maximum atomic E-state index is 9.63. The molecule has 0 heterocycles. The lowest BCUT2D eigenvalue weighted by molar-refractivity contribution is 0.0699. The van der Waals surface area contributed by atoms with Crippen LogP contribution < -0.4 is 5.32 Å². The van der Waals surface area contributed by atoms with Gasteiger partial charge >= 0.3 is 0 Å². The average Bonchev–Trinajstić information content (AvgIpc) is 2.42. The molecule has 0 radical (unpaired) electrons. The summed E-state index contributed by atoms with van der Waals surface area (Å²) >= 11 is 0. The van der Waals surface area contributed by atoms with Crippen LogP contribution >= 0.6 is 0 Å². The molecule has 3 nitrogen and oxygen atoms in total. The average molecular weight is 243 g/mol. The predicted molar refractivity (Wildman–Crippen MR) is 71.0 cm³/mol. The molecule has 3 N–H and O–H groups in total. The van der Waals surface area contributed by atoms with Gasteiger partial charge in [0.25, 0.3) is 0 Å². The molecular weight excluding hydrogens is 214 g/mol. The second-order valence-electron chi connectivity index (χ2n) is 5.72. The van der Waals surface area contributed by atoms with Crippen molar-refractivity contribution < 1.29 is 10.2 Å². The Kier molecular flexibility index (Phi) is 5.90. The van der Waals surface area contributed by atoms with Crippen LogP contribution in [0.5, 0.6) is 0 Å². The first-order valence-electron chi connectivity index (χ1n) is 7.13. The molecule has 0 aromatic carbocycles. The van der Waals surface area contributed by atoms with Crippen LogP contribution in [0.25, 0.3) is 0 Å². The number of aliphatic hydroxyl groups is 2. The summed E-state index contributed by atoms with van der Waals surface area (Å²) in [5.74, 6) is 0. The molecule has 0 bridgehead atoms. The minimum absolute atomic E-state index is 0.0143. The van der Waals surface area contributed by atoms with E-state index in [-0.39, 0.29) is 24.2 Å². The van der Waals surface area contributed by atoms with Crippen molar-refractivity contribution in [3.05, 3.63) is 0 Å². The normalized spacial score (nSPS) is 20.5. The van der Waals surface area contributed by atoms with E-state index in [2.05, 4.69) is 19.2 Å². The van der Waals surface area contributed by atoms with Crippen LogP contribution in [0.4, 0.5) is 0 Å². The van der Waals surface area contributed by atoms with E-state index in [0.717, 1.165) is 32.2 Å². The van der Waals surface area contributed by atoms with Crippen molar-refractivity contribution in [3.8, 4) is 0 Å². The van der Waals surface area contributed by atoms with E-state index < -0.39 is 0 Å². The third kappa shape index (κ3) is 3.67. The van der Waals surface area contributed by atoms with Crippen molar-refractivity contribution >= 4 is 0 Å². The molecule has 0 saturated heterocycles. The minimum atomic E-state index is -0.0803.